The first-order chi connectivity index (χ1) is 12.8. The van der Waals surface area contributed by atoms with E-state index in [1.165, 1.54) is 16.7 Å². The molecule has 2 atom stereocenters. The van der Waals surface area contributed by atoms with Crippen molar-refractivity contribution in [3.8, 4) is 0 Å². The number of aromatic nitrogens is 2. The van der Waals surface area contributed by atoms with Crippen molar-refractivity contribution in [1.29, 1.82) is 0 Å². The second-order valence-corrected chi connectivity index (χ2v) is 10.2. The van der Waals surface area contributed by atoms with Crippen molar-refractivity contribution in [2.24, 2.45) is 0 Å². The Morgan fingerprint density at radius 1 is 1.07 bits per heavy atom. The number of fused-ring (bicyclic) bond motifs is 1. The molecule has 1 aromatic carbocycles. The molecule has 2 fully saturated rings. The van der Waals surface area contributed by atoms with E-state index in [4.69, 9.17) is 0 Å². The normalized spacial score (nSPS) is 25.6. The lowest BCUT2D eigenvalue weighted by molar-refractivity contribution is 0.0346. The Bertz CT molecular complexity index is 937. The van der Waals surface area contributed by atoms with Gasteiger partial charge in [0, 0.05) is 44.0 Å². The first-order valence-electron chi connectivity index (χ1n) is 9.56. The lowest BCUT2D eigenvalue weighted by atomic mass is 10.0. The summed E-state index contributed by atoms with van der Waals surface area (Å²) in [7, 11) is -3.01. The van der Waals surface area contributed by atoms with Crippen molar-refractivity contribution < 1.29 is 8.42 Å². The van der Waals surface area contributed by atoms with E-state index >= 15 is 0 Å². The van der Waals surface area contributed by atoms with Gasteiger partial charge in [0.2, 0.25) is 0 Å². The Hall–Kier alpha value is -1.70. The monoisotopic (exact) mass is 388 g/mol. The molecule has 4 rings (SSSR count). The summed E-state index contributed by atoms with van der Waals surface area (Å²) in [6.45, 7) is 9.54. The van der Waals surface area contributed by atoms with Gasteiger partial charge in [-0.05, 0) is 31.9 Å². The van der Waals surface area contributed by atoms with Gasteiger partial charge in [-0.15, -0.1) is 0 Å². The highest BCUT2D eigenvalue weighted by molar-refractivity contribution is 7.91. The van der Waals surface area contributed by atoms with Crippen molar-refractivity contribution in [3.63, 3.8) is 0 Å². The first kappa shape index (κ1) is 18.7. The van der Waals surface area contributed by atoms with E-state index in [1.54, 1.807) is 6.33 Å². The second-order valence-electron chi connectivity index (χ2n) is 8.06. The Balaban J connectivity index is 1.56. The molecule has 0 spiro atoms. The topological polar surface area (TPSA) is 69.3 Å². The van der Waals surface area contributed by atoms with Crippen LogP contribution in [0.25, 0.3) is 0 Å². The molecule has 0 bridgehead atoms. The standard InChI is InChI=1S/C20H28N4O2S/c1-14-4-5-15(2)17(8-14)9-23-6-7-24(10-18-16(3)21-13-22-18)20-12-27(25,26)11-19(20)23/h4-5,8,13,19-20H,6-7,9-12H2,1-3H3,(H,21,22)/t19-,20+/m0/s1. The molecule has 0 aliphatic carbocycles. The summed E-state index contributed by atoms with van der Waals surface area (Å²) in [4.78, 5) is 12.2. The molecule has 1 N–H and O–H groups in total. The maximum atomic E-state index is 12.5. The van der Waals surface area contributed by atoms with E-state index in [1.807, 2.05) is 6.92 Å². The summed E-state index contributed by atoms with van der Waals surface area (Å²) in [5, 5.41) is 0. The van der Waals surface area contributed by atoms with E-state index < -0.39 is 9.84 Å². The van der Waals surface area contributed by atoms with Crippen LogP contribution in [0, 0.1) is 20.8 Å². The number of sulfone groups is 1. The largest absolute Gasteiger partial charge is 0.348 e. The Kier molecular flexibility index (Phi) is 4.86. The highest BCUT2D eigenvalue weighted by Crippen LogP contribution is 2.30. The predicted octanol–water partition coefficient (Wildman–Crippen LogP) is 1.82. The number of benzene rings is 1. The summed E-state index contributed by atoms with van der Waals surface area (Å²) < 4.78 is 24.9. The van der Waals surface area contributed by atoms with Crippen LogP contribution in [-0.4, -0.2) is 64.9 Å². The van der Waals surface area contributed by atoms with E-state index in [-0.39, 0.29) is 23.6 Å². The summed E-state index contributed by atoms with van der Waals surface area (Å²) >= 11 is 0. The van der Waals surface area contributed by atoms with Crippen LogP contribution in [0.2, 0.25) is 0 Å². The number of H-pyrrole nitrogens is 1. The SMILES string of the molecule is Cc1ccc(C)c(CN2CCN(Cc3nc[nH]c3C)[C@@H]3CS(=O)(=O)C[C@@H]32)c1. The molecule has 0 amide bonds. The molecule has 2 aromatic rings. The summed E-state index contributed by atoms with van der Waals surface area (Å²) in [6, 6.07) is 6.62. The highest BCUT2D eigenvalue weighted by Gasteiger charge is 2.46. The zero-order valence-electron chi connectivity index (χ0n) is 16.3. The Labute approximate surface area is 161 Å². The molecule has 6 nitrogen and oxygen atoms in total. The third kappa shape index (κ3) is 3.81. The van der Waals surface area contributed by atoms with E-state index in [0.29, 0.717) is 6.54 Å². The molecule has 0 unspecified atom stereocenters. The molecule has 2 aliphatic heterocycles. The van der Waals surface area contributed by atoms with Crippen LogP contribution in [-0.2, 0) is 22.9 Å². The molecule has 3 heterocycles. The Morgan fingerprint density at radius 2 is 1.74 bits per heavy atom. The quantitative estimate of drug-likeness (QED) is 0.865. The minimum absolute atomic E-state index is 0.0463. The fraction of sp³-hybridized carbons (Fsp3) is 0.550. The molecular formula is C20H28N4O2S. The molecule has 27 heavy (non-hydrogen) atoms. The molecule has 0 radical (unpaired) electrons. The Morgan fingerprint density at radius 3 is 2.37 bits per heavy atom. The summed E-state index contributed by atoms with van der Waals surface area (Å²) in [5.74, 6) is 0.517. The maximum absolute atomic E-state index is 12.5. The third-order valence-electron chi connectivity index (χ3n) is 6.07. The van der Waals surface area contributed by atoms with Crippen molar-refractivity contribution in [1.82, 2.24) is 19.8 Å². The van der Waals surface area contributed by atoms with Crippen LogP contribution in [0.15, 0.2) is 24.5 Å². The molecule has 1 aromatic heterocycles. The molecule has 2 aliphatic rings. The van der Waals surface area contributed by atoms with Crippen molar-refractivity contribution in [2.75, 3.05) is 24.6 Å². The highest BCUT2D eigenvalue weighted by atomic mass is 32.2. The van der Waals surface area contributed by atoms with Gasteiger partial charge < -0.3 is 4.98 Å². The first-order valence-corrected chi connectivity index (χ1v) is 11.4. The molecule has 146 valence electrons. The zero-order chi connectivity index (χ0) is 19.2. The van der Waals surface area contributed by atoms with Crippen molar-refractivity contribution in [3.05, 3.63) is 52.6 Å². The smallest absolute Gasteiger partial charge is 0.153 e. The van der Waals surface area contributed by atoms with Crippen LogP contribution in [0.3, 0.4) is 0 Å². The van der Waals surface area contributed by atoms with E-state index in [9.17, 15) is 8.42 Å². The fourth-order valence-electron chi connectivity index (χ4n) is 4.42. The van der Waals surface area contributed by atoms with Crippen molar-refractivity contribution in [2.45, 2.75) is 45.9 Å². The number of aromatic amines is 1. The molecule has 2 saturated heterocycles. The number of nitrogens with zero attached hydrogens (tertiary/aromatic N) is 3. The summed E-state index contributed by atoms with van der Waals surface area (Å²) in [6.07, 6.45) is 1.71. The van der Waals surface area contributed by atoms with Gasteiger partial charge in [-0.1, -0.05) is 23.8 Å². The number of aryl methyl sites for hydroxylation is 3. The predicted molar refractivity (Wildman–Crippen MR) is 106 cm³/mol. The van der Waals surface area contributed by atoms with Gasteiger partial charge in [0.1, 0.15) is 0 Å². The van der Waals surface area contributed by atoms with Crippen LogP contribution in [0.1, 0.15) is 28.1 Å². The lowest BCUT2D eigenvalue weighted by Gasteiger charge is -2.44. The van der Waals surface area contributed by atoms with Gasteiger partial charge in [-0.25, -0.2) is 13.4 Å². The van der Waals surface area contributed by atoms with Gasteiger partial charge in [-0.2, -0.15) is 0 Å². The number of hydrogen-bond acceptors (Lipinski definition) is 5. The van der Waals surface area contributed by atoms with Gasteiger partial charge in [-0.3, -0.25) is 9.80 Å². The average molecular weight is 389 g/mol. The van der Waals surface area contributed by atoms with Crippen LogP contribution < -0.4 is 0 Å². The molecular weight excluding hydrogens is 360 g/mol. The van der Waals surface area contributed by atoms with Crippen LogP contribution in [0.4, 0.5) is 0 Å². The number of imidazole rings is 1. The lowest BCUT2D eigenvalue weighted by Crippen LogP contribution is -2.58. The van der Waals surface area contributed by atoms with Gasteiger partial charge in [0.25, 0.3) is 0 Å². The second kappa shape index (κ2) is 7.04. The number of nitrogens with one attached hydrogen (secondary N) is 1. The van der Waals surface area contributed by atoms with Crippen LogP contribution >= 0.6 is 0 Å². The number of rotatable bonds is 4. The summed E-state index contributed by atoms with van der Waals surface area (Å²) in [5.41, 5.74) is 5.90. The number of piperazine rings is 1. The maximum Gasteiger partial charge on any atom is 0.153 e. The minimum atomic E-state index is -3.01. The average Bonchev–Trinajstić information content (AvgIpc) is 3.15. The molecule has 0 saturated carbocycles. The van der Waals surface area contributed by atoms with E-state index in [0.717, 1.165) is 31.0 Å². The minimum Gasteiger partial charge on any atom is -0.348 e. The van der Waals surface area contributed by atoms with E-state index in [2.05, 4.69) is 51.8 Å². The fourth-order valence-corrected chi connectivity index (χ4v) is 6.46. The third-order valence-corrected chi connectivity index (χ3v) is 7.77. The molecule has 7 heteroatoms. The zero-order valence-corrected chi connectivity index (χ0v) is 17.1. The van der Waals surface area contributed by atoms with Crippen LogP contribution in [0.5, 0.6) is 0 Å². The van der Waals surface area contributed by atoms with Gasteiger partial charge in [0.05, 0.1) is 23.5 Å². The van der Waals surface area contributed by atoms with Gasteiger partial charge in [0.15, 0.2) is 9.84 Å². The van der Waals surface area contributed by atoms with Gasteiger partial charge >= 0.3 is 0 Å². The number of hydrogen-bond donors (Lipinski definition) is 1. The van der Waals surface area contributed by atoms with Crippen molar-refractivity contribution >= 4 is 9.84 Å².